The average molecular weight is 272 g/mol. The summed E-state index contributed by atoms with van der Waals surface area (Å²) in [5.41, 5.74) is 2.44. The normalized spacial score (nSPS) is 16.9. The average Bonchev–Trinajstić information content (AvgIpc) is 2.86. The topological polar surface area (TPSA) is 22.3 Å². The molecule has 3 rings (SSSR count). The van der Waals surface area contributed by atoms with Gasteiger partial charge in [0.1, 0.15) is 5.82 Å². The number of piperidine rings is 1. The van der Waals surface area contributed by atoms with Gasteiger partial charge < -0.3 is 9.47 Å². The second kappa shape index (κ2) is 6.40. The molecule has 3 nitrogen and oxygen atoms in total. The second-order valence-electron chi connectivity index (χ2n) is 5.93. The van der Waals surface area contributed by atoms with Crippen molar-refractivity contribution in [1.82, 2.24) is 9.55 Å². The lowest BCUT2D eigenvalue weighted by Crippen LogP contribution is -3.12. The highest BCUT2D eigenvalue weighted by Crippen LogP contribution is 2.16. The fourth-order valence-corrected chi connectivity index (χ4v) is 3.47. The number of likely N-dealkylation sites (tertiary alicyclic amines) is 1. The third kappa shape index (κ3) is 2.88. The van der Waals surface area contributed by atoms with Crippen LogP contribution in [0.1, 0.15) is 38.4 Å². The molecule has 20 heavy (non-hydrogen) atoms. The van der Waals surface area contributed by atoms with Crippen molar-refractivity contribution in [2.45, 2.75) is 45.6 Å². The monoisotopic (exact) mass is 272 g/mol. The third-order valence-electron chi connectivity index (χ3n) is 4.54. The Bertz CT molecular complexity index is 552. The van der Waals surface area contributed by atoms with Crippen LogP contribution in [0.3, 0.4) is 0 Å². The number of fused-ring (bicyclic) bond motifs is 1. The lowest BCUT2D eigenvalue weighted by Gasteiger charge is -2.23. The number of aryl methyl sites for hydroxylation is 2. The molecule has 1 aliphatic heterocycles. The molecule has 1 N–H and O–H groups in total. The molecule has 0 bridgehead atoms. The molecule has 1 saturated heterocycles. The van der Waals surface area contributed by atoms with E-state index in [2.05, 4.69) is 35.8 Å². The molecule has 0 radical (unpaired) electrons. The molecule has 1 fully saturated rings. The maximum atomic E-state index is 4.82. The van der Waals surface area contributed by atoms with Crippen LogP contribution in [0.2, 0.25) is 0 Å². The maximum Gasteiger partial charge on any atom is 0.110 e. The molecule has 0 amide bonds. The molecule has 108 valence electrons. The number of hydrogen-bond acceptors (Lipinski definition) is 1. The van der Waals surface area contributed by atoms with Gasteiger partial charge in [0.2, 0.25) is 0 Å². The van der Waals surface area contributed by atoms with Gasteiger partial charge in [-0.15, -0.1) is 0 Å². The first-order valence-corrected chi connectivity index (χ1v) is 8.16. The van der Waals surface area contributed by atoms with Crippen molar-refractivity contribution in [2.24, 2.45) is 0 Å². The summed E-state index contributed by atoms with van der Waals surface area (Å²) in [4.78, 5) is 6.62. The number of rotatable bonds is 5. The molecule has 0 aliphatic carbocycles. The van der Waals surface area contributed by atoms with E-state index < -0.39 is 0 Å². The van der Waals surface area contributed by atoms with E-state index in [-0.39, 0.29) is 0 Å². The summed E-state index contributed by atoms with van der Waals surface area (Å²) in [6.45, 7) is 7.31. The van der Waals surface area contributed by atoms with Crippen LogP contribution in [-0.4, -0.2) is 29.2 Å². The van der Waals surface area contributed by atoms with Gasteiger partial charge in [0.15, 0.2) is 0 Å². The minimum absolute atomic E-state index is 1.02. The number of benzene rings is 1. The van der Waals surface area contributed by atoms with E-state index in [1.807, 2.05) is 0 Å². The summed E-state index contributed by atoms with van der Waals surface area (Å²) >= 11 is 0. The van der Waals surface area contributed by atoms with Gasteiger partial charge in [-0.3, -0.25) is 0 Å². The molecular weight excluding hydrogens is 246 g/mol. The Balaban J connectivity index is 1.64. The molecule has 0 spiro atoms. The number of nitrogens with zero attached hydrogens (tertiary/aromatic N) is 2. The zero-order valence-electron chi connectivity index (χ0n) is 12.6. The van der Waals surface area contributed by atoms with E-state index in [4.69, 9.17) is 4.98 Å². The summed E-state index contributed by atoms with van der Waals surface area (Å²) in [7, 11) is 0. The Morgan fingerprint density at radius 3 is 2.75 bits per heavy atom. The minimum atomic E-state index is 1.02. The quantitative estimate of drug-likeness (QED) is 0.884. The van der Waals surface area contributed by atoms with E-state index in [9.17, 15) is 0 Å². The first-order valence-electron chi connectivity index (χ1n) is 8.16. The van der Waals surface area contributed by atoms with Crippen LogP contribution in [-0.2, 0) is 13.0 Å². The fraction of sp³-hybridized carbons (Fsp3) is 0.588. The number of nitrogens with one attached hydrogen (secondary N) is 1. The molecule has 1 aliphatic rings. The first kappa shape index (κ1) is 13.6. The van der Waals surface area contributed by atoms with Gasteiger partial charge in [-0.1, -0.05) is 12.1 Å². The predicted octanol–water partition coefficient (Wildman–Crippen LogP) is 2.06. The molecule has 0 unspecified atom stereocenters. The van der Waals surface area contributed by atoms with Crippen molar-refractivity contribution in [2.75, 3.05) is 19.6 Å². The molecule has 0 atom stereocenters. The zero-order valence-corrected chi connectivity index (χ0v) is 12.6. The van der Waals surface area contributed by atoms with Gasteiger partial charge in [0.05, 0.1) is 30.7 Å². The van der Waals surface area contributed by atoms with Crippen LogP contribution in [0.15, 0.2) is 24.3 Å². The SMILES string of the molecule is CCn1c(CCC[NH+]2CCCCC2)nc2ccccc21. The van der Waals surface area contributed by atoms with Crippen molar-refractivity contribution in [3.63, 3.8) is 0 Å². The van der Waals surface area contributed by atoms with Crippen LogP contribution in [0.5, 0.6) is 0 Å². The van der Waals surface area contributed by atoms with Gasteiger partial charge in [0.25, 0.3) is 0 Å². The van der Waals surface area contributed by atoms with Crippen molar-refractivity contribution >= 4 is 11.0 Å². The Labute approximate surface area is 121 Å². The Morgan fingerprint density at radius 2 is 1.95 bits per heavy atom. The summed E-state index contributed by atoms with van der Waals surface area (Å²) in [6, 6.07) is 8.50. The standard InChI is InChI=1S/C17H25N3/c1-2-20-16-10-5-4-9-15(16)18-17(20)11-8-14-19-12-6-3-7-13-19/h4-5,9-10H,2-3,6-8,11-14H2,1H3/p+1. The van der Waals surface area contributed by atoms with Gasteiger partial charge in [-0.25, -0.2) is 4.98 Å². The smallest absolute Gasteiger partial charge is 0.110 e. The van der Waals surface area contributed by atoms with E-state index >= 15 is 0 Å². The molecule has 1 aromatic carbocycles. The van der Waals surface area contributed by atoms with E-state index in [0.29, 0.717) is 0 Å². The molecule has 3 heteroatoms. The van der Waals surface area contributed by atoms with E-state index in [0.717, 1.165) is 18.5 Å². The molecule has 0 saturated carbocycles. The number of hydrogen-bond donors (Lipinski definition) is 1. The van der Waals surface area contributed by atoms with Crippen LogP contribution in [0.25, 0.3) is 11.0 Å². The van der Waals surface area contributed by atoms with Crippen molar-refractivity contribution in [3.05, 3.63) is 30.1 Å². The number of quaternary nitrogens is 1. The predicted molar refractivity (Wildman–Crippen MR) is 83.1 cm³/mol. The Kier molecular flexibility index (Phi) is 4.36. The molecular formula is C17H26N3+. The lowest BCUT2D eigenvalue weighted by atomic mass is 10.1. The summed E-state index contributed by atoms with van der Waals surface area (Å²) < 4.78 is 2.38. The van der Waals surface area contributed by atoms with Crippen LogP contribution in [0, 0.1) is 0 Å². The van der Waals surface area contributed by atoms with E-state index in [1.165, 1.54) is 56.7 Å². The molecule has 2 aromatic rings. The molecule has 1 aromatic heterocycles. The summed E-state index contributed by atoms with van der Waals surface area (Å²) in [6.07, 6.45) is 6.66. The van der Waals surface area contributed by atoms with Gasteiger partial charge in [-0.05, 0) is 38.3 Å². The van der Waals surface area contributed by atoms with Crippen LogP contribution in [0.4, 0.5) is 0 Å². The van der Waals surface area contributed by atoms with Gasteiger partial charge >= 0.3 is 0 Å². The lowest BCUT2D eigenvalue weighted by molar-refractivity contribution is -0.905. The number of para-hydroxylation sites is 2. The van der Waals surface area contributed by atoms with Crippen LogP contribution >= 0.6 is 0 Å². The fourth-order valence-electron chi connectivity index (χ4n) is 3.47. The second-order valence-corrected chi connectivity index (χ2v) is 5.93. The maximum absolute atomic E-state index is 4.82. The minimum Gasteiger partial charge on any atom is -0.335 e. The van der Waals surface area contributed by atoms with Crippen LogP contribution < -0.4 is 4.90 Å². The highest BCUT2D eigenvalue weighted by Gasteiger charge is 2.14. The third-order valence-corrected chi connectivity index (χ3v) is 4.54. The summed E-state index contributed by atoms with van der Waals surface area (Å²) in [5, 5.41) is 0. The largest absolute Gasteiger partial charge is 0.335 e. The van der Waals surface area contributed by atoms with E-state index in [1.54, 1.807) is 4.90 Å². The highest BCUT2D eigenvalue weighted by molar-refractivity contribution is 5.75. The molecule has 2 heterocycles. The van der Waals surface area contributed by atoms with Crippen molar-refractivity contribution < 1.29 is 4.90 Å². The van der Waals surface area contributed by atoms with Gasteiger partial charge in [-0.2, -0.15) is 0 Å². The van der Waals surface area contributed by atoms with Crippen molar-refractivity contribution in [3.8, 4) is 0 Å². The Morgan fingerprint density at radius 1 is 1.15 bits per heavy atom. The Hall–Kier alpha value is -1.35. The van der Waals surface area contributed by atoms with Crippen molar-refractivity contribution in [1.29, 1.82) is 0 Å². The highest BCUT2D eigenvalue weighted by atomic mass is 15.1. The first-order chi connectivity index (χ1) is 9.88. The zero-order chi connectivity index (χ0) is 13.8. The van der Waals surface area contributed by atoms with Gasteiger partial charge in [0, 0.05) is 19.4 Å². The number of aromatic nitrogens is 2. The summed E-state index contributed by atoms with van der Waals surface area (Å²) in [5.74, 6) is 1.27. The number of imidazole rings is 1.